The summed E-state index contributed by atoms with van der Waals surface area (Å²) in [5.74, 6) is -3.68. The Morgan fingerprint density at radius 2 is 1.33 bits per heavy atom. The minimum Gasteiger partial charge on any atom is -0.481 e. The fourth-order valence-corrected chi connectivity index (χ4v) is 5.64. The van der Waals surface area contributed by atoms with Crippen LogP contribution in [0.4, 0.5) is 0 Å². The van der Waals surface area contributed by atoms with Crippen molar-refractivity contribution in [3.63, 3.8) is 0 Å². The van der Waals surface area contributed by atoms with Gasteiger partial charge in [0.25, 0.3) is 0 Å². The molecule has 10 nitrogen and oxygen atoms in total. The van der Waals surface area contributed by atoms with Gasteiger partial charge >= 0.3 is 5.97 Å². The van der Waals surface area contributed by atoms with Gasteiger partial charge in [-0.25, -0.2) is 0 Å². The Labute approximate surface area is 280 Å². The molecule has 0 aliphatic heterocycles. The van der Waals surface area contributed by atoms with Gasteiger partial charge in [-0.3, -0.25) is 24.0 Å². The second-order valence-electron chi connectivity index (χ2n) is 12.6. The average molecular weight is 653 g/mol. The lowest BCUT2D eigenvalue weighted by molar-refractivity contribution is -0.138. The van der Waals surface area contributed by atoms with Crippen molar-refractivity contribution in [2.24, 2.45) is 11.8 Å². The number of Topliss-reactive ketones (excluding diaryl/α,β-unsaturated/α-hetero) is 1. The lowest BCUT2D eigenvalue weighted by Crippen LogP contribution is -2.57. The molecular weight excluding hydrogens is 608 g/mol. The number of aromatic nitrogens is 1. The summed E-state index contributed by atoms with van der Waals surface area (Å²) in [5.41, 5.74) is 4.76. The third kappa shape index (κ3) is 9.63. The molecule has 0 aliphatic rings. The number of carbonyl (C=O) groups excluding carboxylic acids is 4. The summed E-state index contributed by atoms with van der Waals surface area (Å²) < 4.78 is 0. The van der Waals surface area contributed by atoms with E-state index >= 15 is 0 Å². The number of amides is 3. The number of aliphatic carboxylic acids is 1. The van der Waals surface area contributed by atoms with Gasteiger partial charge in [-0.05, 0) is 54.0 Å². The highest BCUT2D eigenvalue weighted by Crippen LogP contribution is 2.22. The fourth-order valence-electron chi connectivity index (χ4n) is 5.64. The maximum absolute atomic E-state index is 13.8. The van der Waals surface area contributed by atoms with E-state index in [1.807, 2.05) is 98.9 Å². The minimum absolute atomic E-state index is 0.0815. The average Bonchev–Trinajstić information content (AvgIpc) is 3.47. The van der Waals surface area contributed by atoms with Gasteiger partial charge in [0.1, 0.15) is 12.1 Å². The van der Waals surface area contributed by atoms with Gasteiger partial charge in [-0.15, -0.1) is 0 Å². The van der Waals surface area contributed by atoms with E-state index in [4.69, 9.17) is 5.11 Å². The molecule has 0 aliphatic carbocycles. The van der Waals surface area contributed by atoms with E-state index in [0.29, 0.717) is 6.42 Å². The number of carbonyl (C=O) groups is 5. The Morgan fingerprint density at radius 3 is 1.98 bits per heavy atom. The van der Waals surface area contributed by atoms with E-state index in [1.54, 1.807) is 6.92 Å². The number of nitrogens with one attached hydrogen (secondary N) is 4. The molecule has 0 saturated carbocycles. The zero-order valence-electron chi connectivity index (χ0n) is 27.8. The molecule has 0 saturated heterocycles. The number of fused-ring (bicyclic) bond motifs is 1. The molecule has 0 radical (unpaired) electrons. The zero-order chi connectivity index (χ0) is 34.8. The molecular formula is C38H44N4O6. The molecule has 4 rings (SSSR count). The topological polar surface area (TPSA) is 157 Å². The quantitative estimate of drug-likeness (QED) is 0.117. The molecule has 3 amide bonds. The number of carboxylic acid groups (broad SMARTS) is 1. The summed E-state index contributed by atoms with van der Waals surface area (Å²) in [5, 5.41) is 18.5. The lowest BCUT2D eigenvalue weighted by Gasteiger charge is -2.27. The first kappa shape index (κ1) is 35.6. The molecule has 0 fully saturated rings. The molecule has 4 aromatic rings. The number of H-pyrrole nitrogens is 1. The molecule has 252 valence electrons. The summed E-state index contributed by atoms with van der Waals surface area (Å²) in [6, 6.07) is 22.2. The largest absolute Gasteiger partial charge is 0.481 e. The van der Waals surface area contributed by atoms with Crippen LogP contribution in [0.15, 0.2) is 85.1 Å². The van der Waals surface area contributed by atoms with Crippen LogP contribution in [0.25, 0.3) is 22.0 Å². The summed E-state index contributed by atoms with van der Waals surface area (Å²) in [4.78, 5) is 67.4. The van der Waals surface area contributed by atoms with Crippen molar-refractivity contribution in [2.45, 2.75) is 71.5 Å². The van der Waals surface area contributed by atoms with Gasteiger partial charge in [-0.2, -0.15) is 0 Å². The number of hydrogen-bond acceptors (Lipinski definition) is 5. The Bertz CT molecular complexity index is 1730. The maximum atomic E-state index is 13.8. The Kier molecular flexibility index (Phi) is 12.3. The van der Waals surface area contributed by atoms with Crippen LogP contribution in [0.3, 0.4) is 0 Å². The molecule has 0 bridgehead atoms. The van der Waals surface area contributed by atoms with Gasteiger partial charge in [0.2, 0.25) is 17.7 Å². The molecule has 1 heterocycles. The van der Waals surface area contributed by atoms with Crippen molar-refractivity contribution in [3.05, 3.63) is 96.2 Å². The normalized spacial score (nSPS) is 13.7. The van der Waals surface area contributed by atoms with Crippen LogP contribution >= 0.6 is 0 Å². The van der Waals surface area contributed by atoms with Crippen LogP contribution in [0.1, 0.15) is 51.7 Å². The van der Waals surface area contributed by atoms with Crippen LogP contribution in [-0.4, -0.2) is 57.7 Å². The lowest BCUT2D eigenvalue weighted by atomic mass is 9.96. The van der Waals surface area contributed by atoms with Crippen LogP contribution in [-0.2, 0) is 36.8 Å². The maximum Gasteiger partial charge on any atom is 0.303 e. The number of carboxylic acids is 1. The molecule has 5 N–H and O–H groups in total. The highest BCUT2D eigenvalue weighted by Gasteiger charge is 2.31. The third-order valence-corrected chi connectivity index (χ3v) is 8.48. The Morgan fingerprint density at radius 1 is 0.708 bits per heavy atom. The summed E-state index contributed by atoms with van der Waals surface area (Å²) in [6.07, 6.45) is 2.07. The summed E-state index contributed by atoms with van der Waals surface area (Å²) >= 11 is 0. The van der Waals surface area contributed by atoms with Gasteiger partial charge in [0, 0.05) is 35.9 Å². The first-order chi connectivity index (χ1) is 22.9. The smallest absolute Gasteiger partial charge is 0.303 e. The predicted octanol–water partition coefficient (Wildman–Crippen LogP) is 4.82. The van der Waals surface area contributed by atoms with Crippen LogP contribution in [0.2, 0.25) is 0 Å². The monoisotopic (exact) mass is 652 g/mol. The second kappa shape index (κ2) is 16.5. The Balaban J connectivity index is 1.50. The number of hydrogen-bond donors (Lipinski definition) is 5. The number of rotatable bonds is 16. The summed E-state index contributed by atoms with van der Waals surface area (Å²) in [6.45, 7) is 6.71. The van der Waals surface area contributed by atoms with E-state index in [-0.39, 0.29) is 31.1 Å². The van der Waals surface area contributed by atoms with Crippen molar-refractivity contribution in [3.8, 4) is 11.1 Å². The van der Waals surface area contributed by atoms with Crippen LogP contribution in [0.5, 0.6) is 0 Å². The number of benzene rings is 3. The SMILES string of the molecule is CC(=O)[C@H](CCC(=O)O)NC(=O)[C@H](Cc1ccc(-c2ccccc2)cc1)NC(=O)[C@@H](NC(=O)[C@@H](C)Cc1c[nH]c2ccccc12)C(C)C. The number of ketones is 1. The molecule has 0 spiro atoms. The molecule has 0 unspecified atom stereocenters. The Hall–Kier alpha value is -5.25. The molecule has 1 aromatic heterocycles. The highest BCUT2D eigenvalue weighted by atomic mass is 16.4. The van der Waals surface area contributed by atoms with E-state index in [2.05, 4.69) is 20.9 Å². The van der Waals surface area contributed by atoms with Crippen molar-refractivity contribution in [1.82, 2.24) is 20.9 Å². The van der Waals surface area contributed by atoms with Gasteiger partial charge in [0.15, 0.2) is 5.78 Å². The third-order valence-electron chi connectivity index (χ3n) is 8.48. The second-order valence-corrected chi connectivity index (χ2v) is 12.6. The number of aromatic amines is 1. The van der Waals surface area contributed by atoms with Crippen LogP contribution < -0.4 is 16.0 Å². The first-order valence-corrected chi connectivity index (χ1v) is 16.3. The van der Waals surface area contributed by atoms with Crippen molar-refractivity contribution >= 4 is 40.4 Å². The summed E-state index contributed by atoms with van der Waals surface area (Å²) in [7, 11) is 0. The molecule has 4 atom stereocenters. The van der Waals surface area contributed by atoms with Crippen molar-refractivity contribution in [1.29, 1.82) is 0 Å². The first-order valence-electron chi connectivity index (χ1n) is 16.3. The van der Waals surface area contributed by atoms with Crippen LogP contribution in [0, 0.1) is 11.8 Å². The predicted molar refractivity (Wildman–Crippen MR) is 185 cm³/mol. The zero-order valence-corrected chi connectivity index (χ0v) is 27.8. The van der Waals surface area contributed by atoms with E-state index in [1.165, 1.54) is 6.92 Å². The van der Waals surface area contributed by atoms with Crippen molar-refractivity contribution in [2.75, 3.05) is 0 Å². The van der Waals surface area contributed by atoms with E-state index in [0.717, 1.165) is 33.2 Å². The molecule has 10 heteroatoms. The van der Waals surface area contributed by atoms with Crippen molar-refractivity contribution < 1.29 is 29.1 Å². The minimum atomic E-state index is -1.10. The van der Waals surface area contributed by atoms with E-state index in [9.17, 15) is 24.0 Å². The standard InChI is InChI=1S/C38H44N4O6/c1-23(2)35(42-36(46)24(3)20-29-22-39-32-13-9-8-12-30(29)32)38(48)41-33(37(47)40-31(25(4)43)18-19-34(44)45)21-26-14-16-28(17-15-26)27-10-6-5-7-11-27/h5-17,22-24,31,33,35,39H,18-21H2,1-4H3,(H,40,47)(H,41,48)(H,42,46)(H,44,45)/t24-,31-,33-,35-/m0/s1. The number of para-hydroxylation sites is 1. The van der Waals surface area contributed by atoms with E-state index < -0.39 is 47.6 Å². The fraction of sp³-hybridized carbons (Fsp3) is 0.342. The molecule has 48 heavy (non-hydrogen) atoms. The van der Waals surface area contributed by atoms with Gasteiger partial charge < -0.3 is 26.0 Å². The van der Waals surface area contributed by atoms with Gasteiger partial charge in [0.05, 0.1) is 6.04 Å². The molecule has 3 aromatic carbocycles. The van der Waals surface area contributed by atoms with Gasteiger partial charge in [-0.1, -0.05) is 93.6 Å². The highest BCUT2D eigenvalue weighted by molar-refractivity contribution is 5.95.